The summed E-state index contributed by atoms with van der Waals surface area (Å²) >= 11 is 0. The quantitative estimate of drug-likeness (QED) is 0.564. The van der Waals surface area contributed by atoms with E-state index in [0.29, 0.717) is 16.9 Å². The van der Waals surface area contributed by atoms with Crippen molar-refractivity contribution < 1.29 is 9.72 Å². The molecule has 0 unspecified atom stereocenters. The van der Waals surface area contributed by atoms with Gasteiger partial charge in [-0.2, -0.15) is 5.10 Å². The molecular weight excluding hydrogens is 344 g/mol. The number of carbonyl (C=O) groups excluding carboxylic acids is 1. The maximum Gasteiger partial charge on any atom is 0.276 e. The third kappa shape index (κ3) is 3.08. The van der Waals surface area contributed by atoms with Crippen molar-refractivity contribution in [1.29, 1.82) is 0 Å². The van der Waals surface area contributed by atoms with Crippen LogP contribution < -0.4 is 5.32 Å². The van der Waals surface area contributed by atoms with Gasteiger partial charge in [0.05, 0.1) is 10.6 Å². The van der Waals surface area contributed by atoms with Crippen molar-refractivity contribution in [3.63, 3.8) is 0 Å². The number of benzene rings is 2. The molecule has 0 bridgehead atoms. The van der Waals surface area contributed by atoms with Gasteiger partial charge in [-0.1, -0.05) is 24.3 Å². The van der Waals surface area contributed by atoms with Gasteiger partial charge < -0.3 is 5.32 Å². The average molecular weight is 362 g/mol. The molecule has 4 rings (SSSR count). The molecule has 2 aromatic carbocycles. The molecule has 1 aromatic heterocycles. The summed E-state index contributed by atoms with van der Waals surface area (Å²) in [6.07, 6.45) is 2.66. The number of aromatic nitrogens is 2. The number of hydrogen-bond acceptors (Lipinski definition) is 4. The van der Waals surface area contributed by atoms with Crippen molar-refractivity contribution in [2.75, 3.05) is 5.32 Å². The van der Waals surface area contributed by atoms with E-state index in [-0.39, 0.29) is 11.6 Å². The van der Waals surface area contributed by atoms with E-state index in [1.54, 1.807) is 19.1 Å². The Kier molecular flexibility index (Phi) is 4.19. The summed E-state index contributed by atoms with van der Waals surface area (Å²) in [5, 5.41) is 18.4. The molecule has 1 amide bonds. The van der Waals surface area contributed by atoms with E-state index in [1.807, 2.05) is 35.0 Å². The van der Waals surface area contributed by atoms with Crippen molar-refractivity contribution in [1.82, 2.24) is 9.78 Å². The van der Waals surface area contributed by atoms with E-state index in [9.17, 15) is 14.9 Å². The molecule has 136 valence electrons. The van der Waals surface area contributed by atoms with Gasteiger partial charge in [0.25, 0.3) is 11.6 Å². The molecule has 1 aliphatic carbocycles. The highest BCUT2D eigenvalue weighted by Gasteiger charge is 2.27. The highest BCUT2D eigenvalue weighted by molar-refractivity contribution is 6.04. The van der Waals surface area contributed by atoms with Crippen LogP contribution in [0.15, 0.2) is 48.5 Å². The second-order valence-electron chi connectivity index (χ2n) is 6.59. The number of hydrogen-bond donors (Lipinski definition) is 1. The zero-order valence-electron chi connectivity index (χ0n) is 14.8. The van der Waals surface area contributed by atoms with Crippen molar-refractivity contribution in [3.8, 4) is 5.69 Å². The lowest BCUT2D eigenvalue weighted by atomic mass is 10.1. The molecule has 0 aliphatic heterocycles. The largest absolute Gasteiger partial charge is 0.320 e. The smallest absolute Gasteiger partial charge is 0.276 e. The van der Waals surface area contributed by atoms with Crippen LogP contribution >= 0.6 is 0 Å². The predicted octanol–water partition coefficient (Wildman–Crippen LogP) is 3.83. The minimum absolute atomic E-state index is 0.0205. The molecule has 1 N–H and O–H groups in total. The van der Waals surface area contributed by atoms with E-state index in [1.165, 1.54) is 6.07 Å². The van der Waals surface area contributed by atoms with Gasteiger partial charge in [0.2, 0.25) is 0 Å². The van der Waals surface area contributed by atoms with E-state index >= 15 is 0 Å². The van der Waals surface area contributed by atoms with Gasteiger partial charge in [0, 0.05) is 28.6 Å². The summed E-state index contributed by atoms with van der Waals surface area (Å²) in [6.45, 7) is 1.66. The Morgan fingerprint density at radius 1 is 1.19 bits per heavy atom. The minimum atomic E-state index is -0.452. The first-order chi connectivity index (χ1) is 13.0. The number of nitro benzene ring substituents is 1. The van der Waals surface area contributed by atoms with Gasteiger partial charge in [-0.05, 0) is 44.4 Å². The van der Waals surface area contributed by atoms with Gasteiger partial charge in [-0.25, -0.2) is 4.68 Å². The maximum absolute atomic E-state index is 12.8. The van der Waals surface area contributed by atoms with Crippen LogP contribution in [0.3, 0.4) is 0 Å². The minimum Gasteiger partial charge on any atom is -0.320 e. The summed E-state index contributed by atoms with van der Waals surface area (Å²) in [6, 6.07) is 14.4. The normalized spacial score (nSPS) is 12.6. The third-order valence-electron chi connectivity index (χ3n) is 4.81. The van der Waals surface area contributed by atoms with Crippen LogP contribution in [-0.4, -0.2) is 20.6 Å². The molecule has 3 aromatic rings. The predicted molar refractivity (Wildman–Crippen MR) is 101 cm³/mol. The molecule has 1 aliphatic rings. The van der Waals surface area contributed by atoms with Crippen molar-refractivity contribution in [3.05, 3.63) is 81.2 Å². The first-order valence-electron chi connectivity index (χ1n) is 8.77. The van der Waals surface area contributed by atoms with Crippen LogP contribution in [0.25, 0.3) is 5.69 Å². The highest BCUT2D eigenvalue weighted by atomic mass is 16.6. The highest BCUT2D eigenvalue weighted by Crippen LogP contribution is 2.29. The van der Waals surface area contributed by atoms with Gasteiger partial charge >= 0.3 is 0 Å². The van der Waals surface area contributed by atoms with E-state index in [2.05, 4.69) is 10.4 Å². The average Bonchev–Trinajstić information content (AvgIpc) is 3.26. The molecule has 0 radical (unpaired) electrons. The fourth-order valence-corrected chi connectivity index (χ4v) is 3.48. The van der Waals surface area contributed by atoms with E-state index in [4.69, 9.17) is 0 Å². The lowest BCUT2D eigenvalue weighted by Gasteiger charge is -2.06. The first-order valence-corrected chi connectivity index (χ1v) is 8.77. The van der Waals surface area contributed by atoms with Crippen LogP contribution in [0.5, 0.6) is 0 Å². The number of fused-ring (bicyclic) bond motifs is 1. The number of carbonyl (C=O) groups is 1. The Hall–Kier alpha value is -3.48. The summed E-state index contributed by atoms with van der Waals surface area (Å²) in [5.74, 6) is -0.346. The molecule has 27 heavy (non-hydrogen) atoms. The Labute approximate surface area is 155 Å². The number of nitrogens with zero attached hydrogens (tertiary/aromatic N) is 3. The van der Waals surface area contributed by atoms with Crippen molar-refractivity contribution in [2.45, 2.75) is 26.2 Å². The van der Waals surface area contributed by atoms with Crippen molar-refractivity contribution in [2.24, 2.45) is 0 Å². The fraction of sp³-hybridized carbons (Fsp3) is 0.200. The zero-order valence-corrected chi connectivity index (χ0v) is 14.8. The number of amides is 1. The number of anilines is 1. The van der Waals surface area contributed by atoms with Gasteiger partial charge in [-0.15, -0.1) is 0 Å². The molecule has 7 nitrogen and oxygen atoms in total. The van der Waals surface area contributed by atoms with Crippen LogP contribution in [0.4, 0.5) is 11.4 Å². The molecule has 0 saturated heterocycles. The molecule has 7 heteroatoms. The molecule has 0 spiro atoms. The van der Waals surface area contributed by atoms with E-state index < -0.39 is 4.92 Å². The zero-order chi connectivity index (χ0) is 19.0. The SMILES string of the molecule is Cc1ccc(NC(=O)c2nn(-c3ccccc3)c3c2CCC3)cc1[N+](=O)[O-]. The molecule has 0 saturated carbocycles. The van der Waals surface area contributed by atoms with Crippen LogP contribution in [0.1, 0.15) is 33.7 Å². The van der Waals surface area contributed by atoms with Crippen LogP contribution in [0, 0.1) is 17.0 Å². The summed E-state index contributed by atoms with van der Waals surface area (Å²) in [5.41, 5.74) is 4.23. The standard InChI is InChI=1S/C20H18N4O3/c1-13-10-11-14(12-18(13)24(26)27)21-20(25)19-16-8-5-9-17(16)23(22-19)15-6-3-2-4-7-15/h2-4,6-7,10-12H,5,8-9H2,1H3,(H,21,25). The summed E-state index contributed by atoms with van der Waals surface area (Å²) in [4.78, 5) is 23.5. The third-order valence-corrected chi connectivity index (χ3v) is 4.81. The van der Waals surface area contributed by atoms with Gasteiger partial charge in [0.1, 0.15) is 0 Å². The number of para-hydroxylation sites is 1. The molecule has 0 atom stereocenters. The molecule has 0 fully saturated rings. The Balaban J connectivity index is 1.67. The maximum atomic E-state index is 12.8. The number of aryl methyl sites for hydroxylation is 1. The summed E-state index contributed by atoms with van der Waals surface area (Å²) in [7, 11) is 0. The number of rotatable bonds is 4. The van der Waals surface area contributed by atoms with Gasteiger partial charge in [0.15, 0.2) is 5.69 Å². The Bertz CT molecular complexity index is 1040. The second-order valence-corrected chi connectivity index (χ2v) is 6.59. The van der Waals surface area contributed by atoms with Crippen LogP contribution in [-0.2, 0) is 12.8 Å². The summed E-state index contributed by atoms with van der Waals surface area (Å²) < 4.78 is 1.83. The second kappa shape index (κ2) is 6.68. The lowest BCUT2D eigenvalue weighted by Crippen LogP contribution is -2.15. The lowest BCUT2D eigenvalue weighted by molar-refractivity contribution is -0.385. The molecular formula is C20H18N4O3. The van der Waals surface area contributed by atoms with Crippen LogP contribution in [0.2, 0.25) is 0 Å². The Morgan fingerprint density at radius 2 is 1.96 bits per heavy atom. The topological polar surface area (TPSA) is 90.1 Å². The fourth-order valence-electron chi connectivity index (χ4n) is 3.48. The molecule has 1 heterocycles. The monoisotopic (exact) mass is 362 g/mol. The number of nitro groups is 1. The van der Waals surface area contributed by atoms with E-state index in [0.717, 1.165) is 36.2 Å². The first kappa shape index (κ1) is 17.0. The van der Waals surface area contributed by atoms with Crippen molar-refractivity contribution >= 4 is 17.3 Å². The Morgan fingerprint density at radius 3 is 2.70 bits per heavy atom. The number of nitrogens with one attached hydrogen (secondary N) is 1. The van der Waals surface area contributed by atoms with Gasteiger partial charge in [-0.3, -0.25) is 14.9 Å².